The number of aliphatic imine (C=N–C) groups is 1. The lowest BCUT2D eigenvalue weighted by molar-refractivity contribution is -0.414. The number of allylic oxidation sites excluding steroid dienone is 1. The zero-order chi connectivity index (χ0) is 9.97. The Bertz CT molecular complexity index is 424. The molecule has 2 rings (SSSR count). The highest BCUT2D eigenvalue weighted by Crippen LogP contribution is 2.12. The molecule has 0 aromatic carbocycles. The lowest BCUT2D eigenvalue weighted by Crippen LogP contribution is -2.11. The topological polar surface area (TPSA) is 81.3 Å². The van der Waals surface area contributed by atoms with Crippen molar-refractivity contribution in [2.75, 3.05) is 6.54 Å². The lowest BCUT2D eigenvalue weighted by atomic mass is 10.2. The number of nitrogens with zero attached hydrogens (tertiary/aromatic N) is 4. The molecule has 0 N–H and O–H groups in total. The number of hydrogen-bond donors (Lipinski definition) is 0. The summed E-state index contributed by atoms with van der Waals surface area (Å²) >= 11 is 0. The summed E-state index contributed by atoms with van der Waals surface area (Å²) in [6.45, 7) is 0.336. The predicted molar refractivity (Wildman–Crippen MR) is 48.5 cm³/mol. The van der Waals surface area contributed by atoms with Crippen LogP contribution < -0.4 is 0 Å². The van der Waals surface area contributed by atoms with Gasteiger partial charge in [-0.25, -0.2) is 0 Å². The normalized spacial score (nSPS) is 14.9. The van der Waals surface area contributed by atoms with E-state index in [1.165, 1.54) is 24.7 Å². The Hall–Kier alpha value is -2.11. The molecule has 0 saturated heterocycles. The van der Waals surface area contributed by atoms with Crippen molar-refractivity contribution in [1.82, 2.24) is 9.97 Å². The van der Waals surface area contributed by atoms with Crippen LogP contribution in [0, 0.1) is 10.1 Å². The minimum atomic E-state index is -0.458. The van der Waals surface area contributed by atoms with Gasteiger partial charge in [0.25, 0.3) is 5.70 Å². The molecule has 0 aliphatic carbocycles. The third kappa shape index (κ3) is 1.37. The van der Waals surface area contributed by atoms with E-state index in [9.17, 15) is 10.1 Å². The molecule has 1 aromatic rings. The number of nitro groups is 1. The van der Waals surface area contributed by atoms with Gasteiger partial charge in [0.2, 0.25) is 0 Å². The van der Waals surface area contributed by atoms with Crippen molar-refractivity contribution in [3.63, 3.8) is 0 Å². The van der Waals surface area contributed by atoms with E-state index in [0.717, 1.165) is 0 Å². The van der Waals surface area contributed by atoms with Crippen LogP contribution in [0.4, 0.5) is 0 Å². The molecule has 1 aliphatic heterocycles. The fourth-order valence-electron chi connectivity index (χ4n) is 1.20. The summed E-state index contributed by atoms with van der Waals surface area (Å²) in [6, 6.07) is 0. The van der Waals surface area contributed by atoms with Gasteiger partial charge in [-0.2, -0.15) is 0 Å². The van der Waals surface area contributed by atoms with Gasteiger partial charge in [0, 0.05) is 18.5 Å². The summed E-state index contributed by atoms with van der Waals surface area (Å²) in [7, 11) is 0. The molecule has 0 saturated carbocycles. The summed E-state index contributed by atoms with van der Waals surface area (Å²) < 4.78 is 0. The van der Waals surface area contributed by atoms with Crippen LogP contribution in [0.1, 0.15) is 5.69 Å². The SMILES string of the molecule is O=[N+]([O-])C1=CCN=C1c1cnccn1. The van der Waals surface area contributed by atoms with Gasteiger partial charge < -0.3 is 0 Å². The van der Waals surface area contributed by atoms with E-state index in [0.29, 0.717) is 18.0 Å². The largest absolute Gasteiger partial charge is 0.294 e. The first-order valence-electron chi connectivity index (χ1n) is 3.95. The van der Waals surface area contributed by atoms with Crippen LogP contribution in [0.2, 0.25) is 0 Å². The van der Waals surface area contributed by atoms with E-state index in [4.69, 9.17) is 0 Å². The standard InChI is InChI=1S/C8H6N4O2/c13-12(14)7-1-2-11-8(7)6-5-9-3-4-10-6/h1,3-5H,2H2. The highest BCUT2D eigenvalue weighted by molar-refractivity contribution is 6.10. The molecule has 14 heavy (non-hydrogen) atoms. The third-order valence-corrected chi connectivity index (χ3v) is 1.78. The summed E-state index contributed by atoms with van der Waals surface area (Å²) in [4.78, 5) is 21.9. The summed E-state index contributed by atoms with van der Waals surface area (Å²) in [5.41, 5.74) is 0.751. The van der Waals surface area contributed by atoms with Gasteiger partial charge in [0.05, 0.1) is 17.7 Å². The van der Waals surface area contributed by atoms with Crippen LogP contribution in [0.15, 0.2) is 35.4 Å². The van der Waals surface area contributed by atoms with Crippen LogP contribution in [0.25, 0.3) is 0 Å². The zero-order valence-corrected chi connectivity index (χ0v) is 7.12. The first-order chi connectivity index (χ1) is 6.79. The van der Waals surface area contributed by atoms with E-state index < -0.39 is 4.92 Å². The maximum atomic E-state index is 10.6. The Kier molecular flexibility index (Phi) is 2.02. The van der Waals surface area contributed by atoms with Crippen molar-refractivity contribution in [2.45, 2.75) is 0 Å². The van der Waals surface area contributed by atoms with Crippen LogP contribution in [0.3, 0.4) is 0 Å². The molecule has 70 valence electrons. The zero-order valence-electron chi connectivity index (χ0n) is 7.12. The molecular formula is C8H6N4O2. The predicted octanol–water partition coefficient (Wildman–Crippen LogP) is 0.440. The molecule has 0 unspecified atom stereocenters. The Morgan fingerprint density at radius 3 is 2.93 bits per heavy atom. The van der Waals surface area contributed by atoms with Crippen molar-refractivity contribution in [1.29, 1.82) is 0 Å². The molecule has 6 heteroatoms. The number of hydrogen-bond acceptors (Lipinski definition) is 5. The van der Waals surface area contributed by atoms with Crippen LogP contribution >= 0.6 is 0 Å². The Balaban J connectivity index is 2.38. The van der Waals surface area contributed by atoms with Crippen molar-refractivity contribution in [3.8, 4) is 0 Å². The van der Waals surface area contributed by atoms with E-state index in [-0.39, 0.29) is 5.70 Å². The van der Waals surface area contributed by atoms with Crippen LogP contribution in [-0.2, 0) is 0 Å². The molecule has 0 amide bonds. The number of rotatable bonds is 2. The second kappa shape index (κ2) is 3.33. The average molecular weight is 190 g/mol. The highest BCUT2D eigenvalue weighted by atomic mass is 16.6. The Morgan fingerprint density at radius 2 is 2.29 bits per heavy atom. The molecule has 0 fully saturated rings. The summed E-state index contributed by atoms with van der Waals surface area (Å²) in [5, 5.41) is 10.6. The van der Waals surface area contributed by atoms with E-state index in [2.05, 4.69) is 15.0 Å². The van der Waals surface area contributed by atoms with Gasteiger partial charge in [-0.1, -0.05) is 0 Å². The monoisotopic (exact) mass is 190 g/mol. The van der Waals surface area contributed by atoms with E-state index in [1.54, 1.807) is 0 Å². The minimum absolute atomic E-state index is 0.00509. The van der Waals surface area contributed by atoms with Gasteiger partial charge in [-0.3, -0.25) is 25.1 Å². The molecule has 0 bridgehead atoms. The van der Waals surface area contributed by atoms with Gasteiger partial charge >= 0.3 is 0 Å². The van der Waals surface area contributed by atoms with Gasteiger partial charge in [-0.05, 0) is 0 Å². The smallest absolute Gasteiger partial charge is 0.272 e. The molecule has 0 atom stereocenters. The first-order valence-corrected chi connectivity index (χ1v) is 3.95. The van der Waals surface area contributed by atoms with Crippen molar-refractivity contribution in [3.05, 3.63) is 46.2 Å². The highest BCUT2D eigenvalue weighted by Gasteiger charge is 2.25. The first kappa shape index (κ1) is 8.49. The summed E-state index contributed by atoms with van der Waals surface area (Å²) in [5.74, 6) is 0. The van der Waals surface area contributed by atoms with E-state index >= 15 is 0 Å². The molecule has 1 aromatic heterocycles. The fourth-order valence-corrected chi connectivity index (χ4v) is 1.20. The molecular weight excluding hydrogens is 184 g/mol. The molecule has 1 aliphatic rings. The van der Waals surface area contributed by atoms with E-state index in [1.807, 2.05) is 0 Å². The Morgan fingerprint density at radius 1 is 1.43 bits per heavy atom. The van der Waals surface area contributed by atoms with Gasteiger partial charge in [0.15, 0.2) is 5.71 Å². The second-order valence-electron chi connectivity index (χ2n) is 2.63. The lowest BCUT2D eigenvalue weighted by Gasteiger charge is -1.97. The van der Waals surface area contributed by atoms with Gasteiger partial charge in [0.1, 0.15) is 5.69 Å². The molecule has 2 heterocycles. The minimum Gasteiger partial charge on any atom is -0.272 e. The maximum Gasteiger partial charge on any atom is 0.294 e. The second-order valence-corrected chi connectivity index (χ2v) is 2.63. The molecule has 0 radical (unpaired) electrons. The van der Waals surface area contributed by atoms with Gasteiger partial charge in [-0.15, -0.1) is 0 Å². The Labute approximate surface area is 79.2 Å². The quantitative estimate of drug-likeness (QED) is 0.500. The number of aromatic nitrogens is 2. The molecule has 0 spiro atoms. The third-order valence-electron chi connectivity index (χ3n) is 1.78. The van der Waals surface area contributed by atoms with Crippen molar-refractivity contribution >= 4 is 5.71 Å². The average Bonchev–Trinajstić information content (AvgIpc) is 2.67. The maximum absolute atomic E-state index is 10.6. The molecule has 6 nitrogen and oxygen atoms in total. The summed E-state index contributed by atoms with van der Waals surface area (Å²) in [6.07, 6.45) is 5.91. The van der Waals surface area contributed by atoms with Crippen LogP contribution in [-0.4, -0.2) is 27.1 Å². The van der Waals surface area contributed by atoms with Crippen molar-refractivity contribution < 1.29 is 4.92 Å². The van der Waals surface area contributed by atoms with Crippen LogP contribution in [0.5, 0.6) is 0 Å². The van der Waals surface area contributed by atoms with Crippen molar-refractivity contribution in [2.24, 2.45) is 4.99 Å². The fraction of sp³-hybridized carbons (Fsp3) is 0.125.